The summed E-state index contributed by atoms with van der Waals surface area (Å²) in [6.07, 6.45) is 3.36. The monoisotopic (exact) mass is 299 g/mol. The van der Waals surface area contributed by atoms with E-state index < -0.39 is 5.54 Å². The lowest BCUT2D eigenvalue weighted by Crippen LogP contribution is -2.58. The van der Waals surface area contributed by atoms with Crippen LogP contribution in [-0.4, -0.2) is 23.0 Å². The third kappa shape index (κ3) is 2.63. The van der Waals surface area contributed by atoms with Crippen LogP contribution in [0.5, 0.6) is 0 Å². The maximum absolute atomic E-state index is 12.2. The second-order valence-corrected chi connectivity index (χ2v) is 6.86. The first kappa shape index (κ1) is 15.1. The SMILES string of the molecule is CC(C)CCNC1(C(N)=O)CCc2[nH]c3ccccc3c2C1. The molecule has 3 rings (SSSR count). The molecule has 4 nitrogen and oxygen atoms in total. The van der Waals surface area contributed by atoms with Crippen LogP contribution in [0.3, 0.4) is 0 Å². The van der Waals surface area contributed by atoms with Crippen molar-refractivity contribution in [2.24, 2.45) is 11.7 Å². The molecule has 0 aliphatic heterocycles. The maximum atomic E-state index is 12.2. The highest BCUT2D eigenvalue weighted by molar-refractivity contribution is 5.89. The molecule has 1 unspecified atom stereocenters. The first-order valence-electron chi connectivity index (χ1n) is 8.15. The van der Waals surface area contributed by atoms with E-state index >= 15 is 0 Å². The molecular formula is C18H25N3O. The molecule has 1 atom stereocenters. The number of fused-ring (bicyclic) bond motifs is 3. The number of aromatic nitrogens is 1. The van der Waals surface area contributed by atoms with Crippen LogP contribution >= 0.6 is 0 Å². The normalized spacial score (nSPS) is 21.2. The number of amides is 1. The molecule has 1 heterocycles. The molecule has 1 aromatic carbocycles. The number of benzene rings is 1. The highest BCUT2D eigenvalue weighted by Gasteiger charge is 2.40. The van der Waals surface area contributed by atoms with Crippen molar-refractivity contribution in [2.75, 3.05) is 6.54 Å². The Labute approximate surface area is 131 Å². The van der Waals surface area contributed by atoms with Crippen molar-refractivity contribution in [2.45, 2.75) is 45.1 Å². The van der Waals surface area contributed by atoms with Crippen LogP contribution in [0.15, 0.2) is 24.3 Å². The van der Waals surface area contributed by atoms with E-state index in [0.717, 1.165) is 31.3 Å². The van der Waals surface area contributed by atoms with Crippen molar-refractivity contribution < 1.29 is 4.79 Å². The zero-order chi connectivity index (χ0) is 15.7. The number of nitrogens with two attached hydrogens (primary N) is 1. The molecule has 2 aromatic rings. The molecule has 0 saturated heterocycles. The summed E-state index contributed by atoms with van der Waals surface area (Å²) >= 11 is 0. The van der Waals surface area contributed by atoms with E-state index in [9.17, 15) is 4.79 Å². The van der Waals surface area contributed by atoms with Gasteiger partial charge in [-0.05, 0) is 43.4 Å². The Kier molecular flexibility index (Phi) is 3.96. The minimum atomic E-state index is -0.604. The van der Waals surface area contributed by atoms with Gasteiger partial charge in [0.15, 0.2) is 0 Å². The van der Waals surface area contributed by atoms with Crippen molar-refractivity contribution in [1.29, 1.82) is 0 Å². The van der Waals surface area contributed by atoms with E-state index in [4.69, 9.17) is 5.73 Å². The number of carbonyl (C=O) groups excluding carboxylic acids is 1. The van der Waals surface area contributed by atoms with Gasteiger partial charge in [-0.25, -0.2) is 0 Å². The number of aryl methyl sites for hydroxylation is 1. The third-order valence-electron chi connectivity index (χ3n) is 4.84. The molecular weight excluding hydrogens is 274 g/mol. The van der Waals surface area contributed by atoms with E-state index in [-0.39, 0.29) is 5.91 Å². The van der Waals surface area contributed by atoms with E-state index in [1.54, 1.807) is 0 Å². The van der Waals surface area contributed by atoms with Crippen molar-refractivity contribution in [3.63, 3.8) is 0 Å². The zero-order valence-corrected chi connectivity index (χ0v) is 13.4. The lowest BCUT2D eigenvalue weighted by atomic mass is 9.79. The lowest BCUT2D eigenvalue weighted by molar-refractivity contribution is -0.125. The predicted molar refractivity (Wildman–Crippen MR) is 89.7 cm³/mol. The quantitative estimate of drug-likeness (QED) is 0.794. The van der Waals surface area contributed by atoms with Gasteiger partial charge in [0.25, 0.3) is 0 Å². The van der Waals surface area contributed by atoms with Crippen molar-refractivity contribution in [3.05, 3.63) is 35.5 Å². The minimum absolute atomic E-state index is 0.229. The molecule has 0 saturated carbocycles. The van der Waals surface area contributed by atoms with Gasteiger partial charge in [0, 0.05) is 23.0 Å². The fourth-order valence-electron chi connectivity index (χ4n) is 3.45. The van der Waals surface area contributed by atoms with Gasteiger partial charge in [-0.2, -0.15) is 0 Å². The molecule has 0 spiro atoms. The molecule has 1 aliphatic carbocycles. The number of nitrogens with one attached hydrogen (secondary N) is 2. The van der Waals surface area contributed by atoms with Crippen molar-refractivity contribution in [1.82, 2.24) is 10.3 Å². The van der Waals surface area contributed by atoms with Crippen LogP contribution < -0.4 is 11.1 Å². The van der Waals surface area contributed by atoms with Gasteiger partial charge in [0.2, 0.25) is 5.91 Å². The zero-order valence-electron chi connectivity index (χ0n) is 13.4. The van der Waals surface area contributed by atoms with E-state index in [1.165, 1.54) is 16.6 Å². The number of hydrogen-bond acceptors (Lipinski definition) is 2. The molecule has 4 N–H and O–H groups in total. The summed E-state index contributed by atoms with van der Waals surface area (Å²) in [4.78, 5) is 15.7. The van der Waals surface area contributed by atoms with Gasteiger partial charge in [0.1, 0.15) is 5.54 Å². The highest BCUT2D eigenvalue weighted by Crippen LogP contribution is 2.33. The minimum Gasteiger partial charge on any atom is -0.368 e. The smallest absolute Gasteiger partial charge is 0.238 e. The average Bonchev–Trinajstić information content (AvgIpc) is 2.84. The van der Waals surface area contributed by atoms with Crippen LogP contribution in [0.1, 0.15) is 37.9 Å². The molecule has 22 heavy (non-hydrogen) atoms. The Morgan fingerprint density at radius 2 is 2.18 bits per heavy atom. The molecule has 1 aliphatic rings. The number of primary amides is 1. The summed E-state index contributed by atoms with van der Waals surface area (Å²) in [5.41, 5.74) is 8.82. The molecule has 0 radical (unpaired) electrons. The summed E-state index contributed by atoms with van der Waals surface area (Å²) in [6, 6.07) is 8.29. The van der Waals surface area contributed by atoms with Gasteiger partial charge < -0.3 is 16.0 Å². The summed E-state index contributed by atoms with van der Waals surface area (Å²) in [5.74, 6) is 0.386. The standard InChI is InChI=1S/C18H25N3O/c1-12(2)8-10-20-18(17(19)22)9-7-16-14(11-18)13-5-3-4-6-15(13)21-16/h3-6,12,20-21H,7-11H2,1-2H3,(H2,19,22). The van der Waals surface area contributed by atoms with Crippen LogP contribution in [0.2, 0.25) is 0 Å². The molecule has 0 fully saturated rings. The number of para-hydroxylation sites is 1. The predicted octanol–water partition coefficient (Wildman–Crippen LogP) is 2.52. The van der Waals surface area contributed by atoms with Crippen LogP contribution in [0.4, 0.5) is 0 Å². The molecule has 0 bridgehead atoms. The van der Waals surface area contributed by atoms with Crippen LogP contribution in [0, 0.1) is 5.92 Å². The Hall–Kier alpha value is -1.81. The number of hydrogen-bond donors (Lipinski definition) is 3. The van der Waals surface area contributed by atoms with Crippen molar-refractivity contribution in [3.8, 4) is 0 Å². The molecule has 4 heteroatoms. The van der Waals surface area contributed by atoms with Crippen LogP contribution in [0.25, 0.3) is 10.9 Å². The van der Waals surface area contributed by atoms with Crippen LogP contribution in [-0.2, 0) is 17.6 Å². The largest absolute Gasteiger partial charge is 0.368 e. The van der Waals surface area contributed by atoms with Gasteiger partial charge in [-0.15, -0.1) is 0 Å². The number of H-pyrrole nitrogens is 1. The Balaban J connectivity index is 1.90. The van der Waals surface area contributed by atoms with Gasteiger partial charge in [0.05, 0.1) is 0 Å². The van der Waals surface area contributed by atoms with Crippen molar-refractivity contribution >= 4 is 16.8 Å². The second kappa shape index (κ2) is 5.76. The first-order valence-corrected chi connectivity index (χ1v) is 8.15. The fraction of sp³-hybridized carbons (Fsp3) is 0.500. The van der Waals surface area contributed by atoms with Gasteiger partial charge >= 0.3 is 0 Å². The van der Waals surface area contributed by atoms with Gasteiger partial charge in [-0.3, -0.25) is 4.79 Å². The summed E-state index contributed by atoms with van der Waals surface area (Å²) in [7, 11) is 0. The number of aromatic amines is 1. The van der Waals surface area contributed by atoms with E-state index in [0.29, 0.717) is 12.3 Å². The van der Waals surface area contributed by atoms with E-state index in [1.807, 2.05) is 12.1 Å². The second-order valence-electron chi connectivity index (χ2n) is 6.86. The molecule has 118 valence electrons. The fourth-order valence-corrected chi connectivity index (χ4v) is 3.45. The summed E-state index contributed by atoms with van der Waals surface area (Å²) < 4.78 is 0. The van der Waals surface area contributed by atoms with Gasteiger partial charge in [-0.1, -0.05) is 32.0 Å². The highest BCUT2D eigenvalue weighted by atomic mass is 16.1. The number of carbonyl (C=O) groups is 1. The third-order valence-corrected chi connectivity index (χ3v) is 4.84. The molecule has 1 amide bonds. The van der Waals surface area contributed by atoms with E-state index in [2.05, 4.69) is 36.3 Å². The topological polar surface area (TPSA) is 70.9 Å². The lowest BCUT2D eigenvalue weighted by Gasteiger charge is -2.35. The summed E-state index contributed by atoms with van der Waals surface area (Å²) in [5, 5.41) is 4.69. The Bertz CT molecular complexity index is 689. The molecule has 1 aromatic heterocycles. The Morgan fingerprint density at radius 1 is 1.41 bits per heavy atom. The maximum Gasteiger partial charge on any atom is 0.238 e. The summed E-state index contributed by atoms with van der Waals surface area (Å²) in [6.45, 7) is 5.22. The first-order chi connectivity index (χ1) is 10.5. The number of rotatable bonds is 5. The average molecular weight is 299 g/mol. The Morgan fingerprint density at radius 3 is 2.91 bits per heavy atom.